The van der Waals surface area contributed by atoms with Crippen LogP contribution in [-0.4, -0.2) is 5.91 Å². The van der Waals surface area contributed by atoms with Gasteiger partial charge in [-0.3, -0.25) is 4.79 Å². The van der Waals surface area contributed by atoms with E-state index in [0.29, 0.717) is 0 Å². The fourth-order valence-corrected chi connectivity index (χ4v) is 0.183. The summed E-state index contributed by atoms with van der Waals surface area (Å²) in [6, 6.07) is 0. The molecular weight excluding hydrogens is 97.0 g/mol. The van der Waals surface area contributed by atoms with E-state index in [1.54, 1.807) is 6.92 Å². The number of nitrogens with one attached hydrogen (secondary N) is 1. The molecule has 0 radical (unpaired) electrons. The standard InChI is InChI=1S/C4H6FNO/c1-2-3-4(7)6-5/h2-3H,1H3,(H,6,7). The van der Waals surface area contributed by atoms with Crippen molar-refractivity contribution in [3.8, 4) is 0 Å². The summed E-state index contributed by atoms with van der Waals surface area (Å²) in [5.41, 5.74) is 0.940. The Balaban J connectivity index is 3.37. The third-order valence-corrected chi connectivity index (χ3v) is 0.411. The van der Waals surface area contributed by atoms with Crippen LogP contribution in [-0.2, 0) is 4.79 Å². The molecule has 2 nitrogen and oxygen atoms in total. The summed E-state index contributed by atoms with van der Waals surface area (Å²) >= 11 is 0. The molecule has 1 amide bonds. The van der Waals surface area contributed by atoms with Gasteiger partial charge in [-0.1, -0.05) is 10.6 Å². The number of carbonyl (C=O) groups is 1. The number of amides is 1. The molecule has 0 aromatic heterocycles. The van der Waals surface area contributed by atoms with Crippen LogP contribution >= 0.6 is 0 Å². The van der Waals surface area contributed by atoms with Gasteiger partial charge in [0.2, 0.25) is 0 Å². The minimum absolute atomic E-state index is 0.720. The lowest BCUT2D eigenvalue weighted by Crippen LogP contribution is -2.08. The molecule has 0 aliphatic rings. The SMILES string of the molecule is CC=CC(=O)NF. The highest BCUT2D eigenvalue weighted by atomic mass is 19.2. The van der Waals surface area contributed by atoms with Crippen LogP contribution in [0.5, 0.6) is 0 Å². The number of hydrogen-bond acceptors (Lipinski definition) is 1. The van der Waals surface area contributed by atoms with Gasteiger partial charge in [-0.2, -0.15) is 5.54 Å². The van der Waals surface area contributed by atoms with Gasteiger partial charge in [0.25, 0.3) is 5.91 Å². The number of halogens is 1. The van der Waals surface area contributed by atoms with Crippen molar-refractivity contribution in [2.75, 3.05) is 0 Å². The highest BCUT2D eigenvalue weighted by Crippen LogP contribution is 1.68. The third-order valence-electron chi connectivity index (χ3n) is 0.411. The molecular formula is C4H6FNO. The zero-order valence-corrected chi connectivity index (χ0v) is 3.94. The largest absolute Gasteiger partial charge is 0.271 e. The lowest BCUT2D eigenvalue weighted by molar-refractivity contribution is -0.120. The second kappa shape index (κ2) is 3.33. The quantitative estimate of drug-likeness (QED) is 0.381. The van der Waals surface area contributed by atoms with Crippen molar-refractivity contribution >= 4 is 5.91 Å². The van der Waals surface area contributed by atoms with E-state index in [9.17, 15) is 9.28 Å². The van der Waals surface area contributed by atoms with Crippen LogP contribution in [0.25, 0.3) is 0 Å². The van der Waals surface area contributed by atoms with Crippen molar-refractivity contribution < 1.29 is 9.28 Å². The zero-order chi connectivity index (χ0) is 5.70. The summed E-state index contributed by atoms with van der Waals surface area (Å²) in [6.45, 7) is 1.63. The van der Waals surface area contributed by atoms with Gasteiger partial charge in [0.1, 0.15) is 0 Å². The molecule has 0 aromatic rings. The molecule has 1 N–H and O–H groups in total. The summed E-state index contributed by atoms with van der Waals surface area (Å²) in [4.78, 5) is 9.84. The molecule has 0 aromatic carbocycles. The van der Waals surface area contributed by atoms with E-state index in [4.69, 9.17) is 0 Å². The van der Waals surface area contributed by atoms with Gasteiger partial charge in [-0.15, -0.1) is 0 Å². The van der Waals surface area contributed by atoms with Crippen molar-refractivity contribution in [3.63, 3.8) is 0 Å². The fourth-order valence-electron chi connectivity index (χ4n) is 0.183. The molecule has 0 unspecified atom stereocenters. The van der Waals surface area contributed by atoms with E-state index in [-0.39, 0.29) is 0 Å². The number of carbonyl (C=O) groups excluding carboxylic acids is 1. The first-order valence-corrected chi connectivity index (χ1v) is 1.84. The maximum Gasteiger partial charge on any atom is 0.271 e. The van der Waals surface area contributed by atoms with E-state index in [1.807, 2.05) is 0 Å². The molecule has 0 spiro atoms. The Hall–Kier alpha value is -0.860. The van der Waals surface area contributed by atoms with Crippen LogP contribution in [0.4, 0.5) is 4.48 Å². The van der Waals surface area contributed by atoms with Crippen LogP contribution in [0, 0.1) is 0 Å². The summed E-state index contributed by atoms with van der Waals surface area (Å²) in [5, 5.41) is 0. The summed E-state index contributed by atoms with van der Waals surface area (Å²) in [5.74, 6) is -0.720. The molecule has 0 aliphatic carbocycles. The van der Waals surface area contributed by atoms with Gasteiger partial charge in [-0.25, -0.2) is 0 Å². The second-order valence-corrected chi connectivity index (χ2v) is 0.959. The summed E-state index contributed by atoms with van der Waals surface area (Å²) < 4.78 is 10.9. The van der Waals surface area contributed by atoms with E-state index in [1.165, 1.54) is 6.08 Å². The molecule has 40 valence electrons. The van der Waals surface area contributed by atoms with E-state index < -0.39 is 5.91 Å². The Kier molecular flexibility index (Phi) is 2.92. The van der Waals surface area contributed by atoms with Gasteiger partial charge in [0.05, 0.1) is 0 Å². The second-order valence-electron chi connectivity index (χ2n) is 0.959. The topological polar surface area (TPSA) is 29.1 Å². The molecule has 0 atom stereocenters. The van der Waals surface area contributed by atoms with Crippen molar-refractivity contribution in [1.82, 2.24) is 5.54 Å². The van der Waals surface area contributed by atoms with Crippen molar-refractivity contribution in [2.24, 2.45) is 0 Å². The Morgan fingerprint density at radius 3 is 2.57 bits per heavy atom. The smallest absolute Gasteiger partial charge is 0.267 e. The first kappa shape index (κ1) is 6.14. The Morgan fingerprint density at radius 1 is 1.86 bits per heavy atom. The van der Waals surface area contributed by atoms with Crippen LogP contribution in [0.1, 0.15) is 6.92 Å². The fraction of sp³-hybridized carbons (Fsp3) is 0.250. The minimum Gasteiger partial charge on any atom is -0.267 e. The molecule has 0 fully saturated rings. The molecule has 3 heteroatoms. The summed E-state index contributed by atoms with van der Waals surface area (Å²) in [6.07, 6.45) is 2.55. The van der Waals surface area contributed by atoms with Gasteiger partial charge in [0.15, 0.2) is 0 Å². The molecule has 0 aliphatic heterocycles. The highest BCUT2D eigenvalue weighted by molar-refractivity contribution is 5.86. The van der Waals surface area contributed by atoms with Crippen LogP contribution in [0.2, 0.25) is 0 Å². The highest BCUT2D eigenvalue weighted by Gasteiger charge is 1.84. The van der Waals surface area contributed by atoms with Crippen molar-refractivity contribution in [2.45, 2.75) is 6.92 Å². The molecule has 0 saturated carbocycles. The summed E-state index contributed by atoms with van der Waals surface area (Å²) in [7, 11) is 0. The number of rotatable bonds is 1. The normalized spacial score (nSPS) is 9.43. The van der Waals surface area contributed by atoms with Crippen LogP contribution < -0.4 is 5.54 Å². The van der Waals surface area contributed by atoms with Gasteiger partial charge in [-0.05, 0) is 6.92 Å². The first-order chi connectivity index (χ1) is 3.31. The maximum atomic E-state index is 10.9. The Bertz CT molecular complexity index is 89.7. The average molecular weight is 103 g/mol. The Labute approximate surface area is 41.0 Å². The predicted molar refractivity (Wildman–Crippen MR) is 24.1 cm³/mol. The van der Waals surface area contributed by atoms with E-state index in [0.717, 1.165) is 11.6 Å². The van der Waals surface area contributed by atoms with Gasteiger partial charge >= 0.3 is 0 Å². The number of hydrogen-bond donors (Lipinski definition) is 1. The molecule has 0 bridgehead atoms. The third kappa shape index (κ3) is 2.96. The van der Waals surface area contributed by atoms with E-state index in [2.05, 4.69) is 0 Å². The number of allylic oxidation sites excluding steroid dienone is 1. The van der Waals surface area contributed by atoms with Crippen LogP contribution in [0.15, 0.2) is 12.2 Å². The lowest BCUT2D eigenvalue weighted by Gasteiger charge is -1.79. The molecule has 0 saturated heterocycles. The monoisotopic (exact) mass is 103 g/mol. The zero-order valence-electron chi connectivity index (χ0n) is 3.94. The molecule has 0 rings (SSSR count). The Morgan fingerprint density at radius 2 is 2.43 bits per heavy atom. The van der Waals surface area contributed by atoms with Gasteiger partial charge < -0.3 is 0 Å². The van der Waals surface area contributed by atoms with Crippen molar-refractivity contribution in [3.05, 3.63) is 12.2 Å². The maximum absolute atomic E-state index is 10.9. The average Bonchev–Trinajstić information content (AvgIpc) is 1.68. The van der Waals surface area contributed by atoms with Gasteiger partial charge in [0, 0.05) is 6.08 Å². The van der Waals surface area contributed by atoms with Crippen LogP contribution in [0.3, 0.4) is 0 Å². The lowest BCUT2D eigenvalue weighted by atomic mass is 10.5. The molecule has 0 heterocycles. The van der Waals surface area contributed by atoms with E-state index >= 15 is 0 Å². The minimum atomic E-state index is -0.720. The van der Waals surface area contributed by atoms with Crippen molar-refractivity contribution in [1.29, 1.82) is 0 Å². The predicted octanol–water partition coefficient (Wildman–Crippen LogP) is 0.563. The first-order valence-electron chi connectivity index (χ1n) is 1.84. The molecule has 7 heavy (non-hydrogen) atoms.